The minimum absolute atomic E-state index is 0.384. The van der Waals surface area contributed by atoms with E-state index in [1.165, 1.54) is 38.9 Å². The van der Waals surface area contributed by atoms with Crippen molar-refractivity contribution in [3.05, 3.63) is 0 Å². The highest BCUT2D eigenvalue weighted by Gasteiger charge is 2.38. The fourth-order valence-corrected chi connectivity index (χ4v) is 3.75. The quantitative estimate of drug-likeness (QED) is 0.790. The van der Waals surface area contributed by atoms with Gasteiger partial charge in [0.2, 0.25) is 0 Å². The highest BCUT2D eigenvalue weighted by atomic mass is 15.3. The monoisotopic (exact) mass is 267 g/mol. The molecule has 0 bridgehead atoms. The van der Waals surface area contributed by atoms with E-state index in [9.17, 15) is 0 Å². The van der Waals surface area contributed by atoms with E-state index >= 15 is 0 Å². The van der Waals surface area contributed by atoms with E-state index in [1.807, 2.05) is 0 Å². The minimum Gasteiger partial charge on any atom is -0.326 e. The standard InChI is InChI=1S/C16H33N3/c1-12-11-19(9-8-18(12)5)15-10-13(16(2,3)4)6-7-14(15)17/h12-15H,6-11,17H2,1-5H3. The van der Waals surface area contributed by atoms with E-state index in [1.54, 1.807) is 0 Å². The van der Waals surface area contributed by atoms with E-state index < -0.39 is 0 Å². The molecule has 112 valence electrons. The normalized spacial score (nSPS) is 39.5. The molecule has 1 heterocycles. The van der Waals surface area contributed by atoms with Crippen LogP contribution >= 0.6 is 0 Å². The zero-order valence-corrected chi connectivity index (χ0v) is 13.5. The number of nitrogens with two attached hydrogens (primary N) is 1. The van der Waals surface area contributed by atoms with Crippen molar-refractivity contribution in [2.75, 3.05) is 26.7 Å². The van der Waals surface area contributed by atoms with Gasteiger partial charge in [0.15, 0.2) is 0 Å². The summed E-state index contributed by atoms with van der Waals surface area (Å²) < 4.78 is 0. The molecule has 4 unspecified atom stereocenters. The van der Waals surface area contributed by atoms with Crippen LogP contribution < -0.4 is 5.73 Å². The first-order chi connectivity index (χ1) is 8.79. The SMILES string of the molecule is CC1CN(C2CC(C(C)(C)C)CCC2N)CCN1C. The lowest BCUT2D eigenvalue weighted by Crippen LogP contribution is -2.59. The van der Waals surface area contributed by atoms with Crippen molar-refractivity contribution in [1.29, 1.82) is 0 Å². The molecule has 3 nitrogen and oxygen atoms in total. The molecule has 1 saturated carbocycles. The Labute approximate surface area is 119 Å². The van der Waals surface area contributed by atoms with Crippen molar-refractivity contribution in [3.8, 4) is 0 Å². The van der Waals surface area contributed by atoms with Crippen molar-refractivity contribution < 1.29 is 0 Å². The molecule has 3 heteroatoms. The molecule has 2 N–H and O–H groups in total. The Morgan fingerprint density at radius 1 is 1.11 bits per heavy atom. The zero-order valence-electron chi connectivity index (χ0n) is 13.5. The number of piperazine rings is 1. The van der Waals surface area contributed by atoms with E-state index in [0.717, 1.165) is 5.92 Å². The highest BCUT2D eigenvalue weighted by molar-refractivity contribution is 4.94. The Morgan fingerprint density at radius 3 is 2.37 bits per heavy atom. The molecule has 0 aromatic carbocycles. The largest absolute Gasteiger partial charge is 0.326 e. The van der Waals surface area contributed by atoms with Crippen LogP contribution in [0.15, 0.2) is 0 Å². The van der Waals surface area contributed by atoms with Crippen LogP contribution in [0, 0.1) is 11.3 Å². The van der Waals surface area contributed by atoms with Crippen molar-refractivity contribution in [1.82, 2.24) is 9.80 Å². The number of hydrogen-bond acceptors (Lipinski definition) is 3. The van der Waals surface area contributed by atoms with Gasteiger partial charge in [0, 0.05) is 37.8 Å². The van der Waals surface area contributed by atoms with Crippen LogP contribution in [0.1, 0.15) is 47.0 Å². The number of rotatable bonds is 1. The number of hydrogen-bond donors (Lipinski definition) is 1. The van der Waals surface area contributed by atoms with Gasteiger partial charge in [0.05, 0.1) is 0 Å². The van der Waals surface area contributed by atoms with Crippen LogP contribution in [0.4, 0.5) is 0 Å². The Balaban J connectivity index is 2.01. The van der Waals surface area contributed by atoms with Gasteiger partial charge < -0.3 is 10.6 Å². The third-order valence-electron chi connectivity index (χ3n) is 5.55. The summed E-state index contributed by atoms with van der Waals surface area (Å²) in [5.74, 6) is 0.826. The molecule has 0 aromatic rings. The summed E-state index contributed by atoms with van der Waals surface area (Å²) in [6.45, 7) is 13.1. The van der Waals surface area contributed by atoms with Crippen molar-refractivity contribution in [2.24, 2.45) is 17.1 Å². The fraction of sp³-hybridized carbons (Fsp3) is 1.00. The van der Waals surface area contributed by atoms with Gasteiger partial charge in [-0.15, -0.1) is 0 Å². The summed E-state index contributed by atoms with van der Waals surface area (Å²) in [5, 5.41) is 0. The molecule has 0 spiro atoms. The second-order valence-electron chi connectivity index (χ2n) is 7.93. The second-order valence-corrected chi connectivity index (χ2v) is 7.93. The zero-order chi connectivity index (χ0) is 14.2. The third-order valence-corrected chi connectivity index (χ3v) is 5.55. The van der Waals surface area contributed by atoms with Crippen molar-refractivity contribution >= 4 is 0 Å². The first-order valence-corrected chi connectivity index (χ1v) is 7.99. The van der Waals surface area contributed by atoms with Crippen molar-refractivity contribution in [2.45, 2.75) is 65.1 Å². The molecule has 1 saturated heterocycles. The van der Waals surface area contributed by atoms with E-state index in [2.05, 4.69) is 44.5 Å². The van der Waals surface area contributed by atoms with Gasteiger partial charge in [-0.2, -0.15) is 0 Å². The summed E-state index contributed by atoms with van der Waals surface area (Å²) in [7, 11) is 2.24. The molecule has 0 radical (unpaired) electrons. The summed E-state index contributed by atoms with van der Waals surface area (Å²) in [6, 6.07) is 1.65. The highest BCUT2D eigenvalue weighted by Crippen LogP contribution is 2.39. The van der Waals surface area contributed by atoms with Gasteiger partial charge in [0.25, 0.3) is 0 Å². The average molecular weight is 267 g/mol. The van der Waals surface area contributed by atoms with Crippen LogP contribution in [-0.2, 0) is 0 Å². The Morgan fingerprint density at radius 2 is 1.79 bits per heavy atom. The first-order valence-electron chi connectivity index (χ1n) is 7.99. The molecular formula is C16H33N3. The van der Waals surface area contributed by atoms with Crippen LogP contribution in [-0.4, -0.2) is 54.6 Å². The van der Waals surface area contributed by atoms with Gasteiger partial charge in [0.1, 0.15) is 0 Å². The average Bonchev–Trinajstić information content (AvgIpc) is 2.32. The Hall–Kier alpha value is -0.120. The molecule has 0 aromatic heterocycles. The van der Waals surface area contributed by atoms with E-state index in [4.69, 9.17) is 5.73 Å². The van der Waals surface area contributed by atoms with Crippen LogP contribution in [0.2, 0.25) is 0 Å². The molecule has 0 amide bonds. The molecule has 2 fully saturated rings. The molecule has 4 atom stereocenters. The van der Waals surface area contributed by atoms with Gasteiger partial charge >= 0.3 is 0 Å². The van der Waals surface area contributed by atoms with Crippen LogP contribution in [0.3, 0.4) is 0 Å². The molecule has 1 aliphatic carbocycles. The van der Waals surface area contributed by atoms with Gasteiger partial charge in [-0.25, -0.2) is 0 Å². The Bertz CT molecular complexity index is 297. The fourth-order valence-electron chi connectivity index (χ4n) is 3.75. The number of nitrogens with zero attached hydrogens (tertiary/aromatic N) is 2. The topological polar surface area (TPSA) is 32.5 Å². The first kappa shape index (κ1) is 15.3. The number of likely N-dealkylation sites (N-methyl/N-ethyl adjacent to an activating group) is 1. The maximum Gasteiger partial charge on any atom is 0.0251 e. The summed E-state index contributed by atoms with van der Waals surface area (Å²) >= 11 is 0. The molecular weight excluding hydrogens is 234 g/mol. The Kier molecular flexibility index (Phi) is 4.59. The van der Waals surface area contributed by atoms with Gasteiger partial charge in [-0.1, -0.05) is 20.8 Å². The van der Waals surface area contributed by atoms with Crippen molar-refractivity contribution in [3.63, 3.8) is 0 Å². The molecule has 19 heavy (non-hydrogen) atoms. The molecule has 1 aliphatic heterocycles. The summed E-state index contributed by atoms with van der Waals surface area (Å²) in [5.41, 5.74) is 6.87. The van der Waals surface area contributed by atoms with E-state index in [0.29, 0.717) is 23.5 Å². The van der Waals surface area contributed by atoms with E-state index in [-0.39, 0.29) is 0 Å². The maximum atomic E-state index is 6.44. The smallest absolute Gasteiger partial charge is 0.0251 e. The lowest BCUT2D eigenvalue weighted by molar-refractivity contribution is 0.0213. The molecule has 2 rings (SSSR count). The van der Waals surface area contributed by atoms with Gasteiger partial charge in [-0.05, 0) is 44.6 Å². The van der Waals surface area contributed by atoms with Gasteiger partial charge in [-0.3, -0.25) is 4.90 Å². The minimum atomic E-state index is 0.384. The second kappa shape index (κ2) is 5.71. The third kappa shape index (κ3) is 3.50. The maximum absolute atomic E-state index is 6.44. The lowest BCUT2D eigenvalue weighted by Gasteiger charge is -2.48. The summed E-state index contributed by atoms with van der Waals surface area (Å²) in [4.78, 5) is 5.14. The molecule has 2 aliphatic rings. The summed E-state index contributed by atoms with van der Waals surface area (Å²) in [6.07, 6.45) is 3.80. The predicted molar refractivity (Wildman–Crippen MR) is 82.2 cm³/mol. The predicted octanol–water partition coefficient (Wildman–Crippen LogP) is 2.16. The van der Waals surface area contributed by atoms with Crippen LogP contribution in [0.5, 0.6) is 0 Å². The lowest BCUT2D eigenvalue weighted by atomic mass is 9.69. The van der Waals surface area contributed by atoms with Crippen LogP contribution in [0.25, 0.3) is 0 Å².